The van der Waals surface area contributed by atoms with Crippen LogP contribution >= 0.6 is 0 Å². The number of halogens is 1. The van der Waals surface area contributed by atoms with E-state index in [0.717, 1.165) is 5.56 Å². The van der Waals surface area contributed by atoms with Crippen LogP contribution < -0.4 is 10.5 Å². The van der Waals surface area contributed by atoms with E-state index in [1.807, 2.05) is 0 Å². The van der Waals surface area contributed by atoms with E-state index < -0.39 is 21.9 Å². The molecule has 0 radical (unpaired) electrons. The van der Waals surface area contributed by atoms with Gasteiger partial charge in [-0.25, -0.2) is 17.5 Å². The highest BCUT2D eigenvalue weighted by Crippen LogP contribution is 2.19. The average molecular weight is 308 g/mol. The molecule has 112 valence electrons. The van der Waals surface area contributed by atoms with Gasteiger partial charge < -0.3 is 5.73 Å². The Balaban J connectivity index is 2.22. The summed E-state index contributed by atoms with van der Waals surface area (Å²) in [5, 5.41) is 0. The third-order valence-corrected chi connectivity index (χ3v) is 4.73. The minimum absolute atomic E-state index is 0.128. The van der Waals surface area contributed by atoms with Gasteiger partial charge in [0, 0.05) is 18.2 Å². The maximum atomic E-state index is 13.7. The van der Waals surface area contributed by atoms with Crippen LogP contribution in [0.3, 0.4) is 0 Å². The Morgan fingerprint density at radius 3 is 2.33 bits per heavy atom. The van der Waals surface area contributed by atoms with Gasteiger partial charge in [-0.15, -0.1) is 0 Å². The predicted molar refractivity (Wildman–Crippen MR) is 79.5 cm³/mol. The molecule has 2 aromatic carbocycles. The van der Waals surface area contributed by atoms with Crippen molar-refractivity contribution in [2.75, 3.05) is 0 Å². The first-order valence-corrected chi connectivity index (χ1v) is 7.98. The van der Waals surface area contributed by atoms with Crippen molar-refractivity contribution in [2.24, 2.45) is 5.73 Å². The second-order valence-corrected chi connectivity index (χ2v) is 6.43. The Bertz CT molecular complexity index is 715. The molecule has 0 fully saturated rings. The zero-order valence-electron chi connectivity index (χ0n) is 11.6. The van der Waals surface area contributed by atoms with Crippen LogP contribution in [-0.4, -0.2) is 8.42 Å². The predicted octanol–water partition coefficient (Wildman–Crippen LogP) is 2.32. The molecular weight excluding hydrogens is 291 g/mol. The standard InChI is InChI=1S/C15H17FN2O2S/c1-11(14-4-2-3-5-15(14)16)18-21(19,20)13-8-6-12(10-17)7-9-13/h2-9,11,18H,10,17H2,1H3. The van der Waals surface area contributed by atoms with Gasteiger partial charge in [0.2, 0.25) is 10.0 Å². The van der Waals surface area contributed by atoms with Crippen LogP contribution in [0.5, 0.6) is 0 Å². The highest BCUT2D eigenvalue weighted by molar-refractivity contribution is 7.89. The fourth-order valence-corrected chi connectivity index (χ4v) is 3.22. The number of nitrogens with one attached hydrogen (secondary N) is 1. The second-order valence-electron chi connectivity index (χ2n) is 4.71. The van der Waals surface area contributed by atoms with Crippen LogP contribution in [-0.2, 0) is 16.6 Å². The van der Waals surface area contributed by atoms with Crippen molar-refractivity contribution in [3.05, 3.63) is 65.5 Å². The minimum atomic E-state index is -3.71. The molecule has 21 heavy (non-hydrogen) atoms. The number of hydrogen-bond donors (Lipinski definition) is 2. The smallest absolute Gasteiger partial charge is 0.241 e. The first-order valence-electron chi connectivity index (χ1n) is 6.50. The van der Waals surface area contributed by atoms with Gasteiger partial charge in [0.25, 0.3) is 0 Å². The lowest BCUT2D eigenvalue weighted by atomic mass is 10.1. The SMILES string of the molecule is CC(NS(=O)(=O)c1ccc(CN)cc1)c1ccccc1F. The third-order valence-electron chi connectivity index (χ3n) is 3.17. The monoisotopic (exact) mass is 308 g/mol. The molecule has 0 aliphatic carbocycles. The van der Waals surface area contributed by atoms with E-state index in [4.69, 9.17) is 5.73 Å². The lowest BCUT2D eigenvalue weighted by Gasteiger charge is -2.15. The van der Waals surface area contributed by atoms with Crippen molar-refractivity contribution in [2.45, 2.75) is 24.4 Å². The van der Waals surface area contributed by atoms with Gasteiger partial charge in [0.05, 0.1) is 4.90 Å². The Morgan fingerprint density at radius 2 is 1.76 bits per heavy atom. The van der Waals surface area contributed by atoms with Gasteiger partial charge in [-0.2, -0.15) is 0 Å². The van der Waals surface area contributed by atoms with Gasteiger partial charge in [-0.3, -0.25) is 0 Å². The van der Waals surface area contributed by atoms with E-state index in [1.165, 1.54) is 18.2 Å². The van der Waals surface area contributed by atoms with Crippen molar-refractivity contribution < 1.29 is 12.8 Å². The minimum Gasteiger partial charge on any atom is -0.326 e. The molecule has 0 saturated heterocycles. The van der Waals surface area contributed by atoms with Crippen LogP contribution in [0, 0.1) is 5.82 Å². The fourth-order valence-electron chi connectivity index (χ4n) is 2.00. The number of benzene rings is 2. The summed E-state index contributed by atoms with van der Waals surface area (Å²) >= 11 is 0. The van der Waals surface area contributed by atoms with Gasteiger partial charge in [0.15, 0.2) is 0 Å². The topological polar surface area (TPSA) is 72.2 Å². The van der Waals surface area contributed by atoms with E-state index >= 15 is 0 Å². The Morgan fingerprint density at radius 1 is 1.14 bits per heavy atom. The maximum Gasteiger partial charge on any atom is 0.241 e. The van der Waals surface area contributed by atoms with E-state index in [9.17, 15) is 12.8 Å². The zero-order chi connectivity index (χ0) is 15.5. The summed E-state index contributed by atoms with van der Waals surface area (Å²) < 4.78 is 40.7. The molecule has 0 aromatic heterocycles. The third kappa shape index (κ3) is 3.66. The van der Waals surface area contributed by atoms with Crippen molar-refractivity contribution in [1.82, 2.24) is 4.72 Å². The fraction of sp³-hybridized carbons (Fsp3) is 0.200. The van der Waals surface area contributed by atoms with Crippen molar-refractivity contribution >= 4 is 10.0 Å². The summed E-state index contributed by atoms with van der Waals surface area (Å²) in [6.07, 6.45) is 0. The van der Waals surface area contributed by atoms with Crippen LogP contribution in [0.4, 0.5) is 4.39 Å². The lowest BCUT2D eigenvalue weighted by Crippen LogP contribution is -2.27. The van der Waals surface area contributed by atoms with Gasteiger partial charge >= 0.3 is 0 Å². The van der Waals surface area contributed by atoms with Crippen molar-refractivity contribution in [1.29, 1.82) is 0 Å². The Hall–Kier alpha value is -1.76. The molecule has 1 unspecified atom stereocenters. The molecule has 2 aromatic rings. The van der Waals surface area contributed by atoms with Crippen molar-refractivity contribution in [3.8, 4) is 0 Å². The number of rotatable bonds is 5. The summed E-state index contributed by atoms with van der Waals surface area (Å²) in [6.45, 7) is 1.95. The number of hydrogen-bond acceptors (Lipinski definition) is 3. The van der Waals surface area contributed by atoms with E-state index in [-0.39, 0.29) is 4.90 Å². The molecule has 4 nitrogen and oxygen atoms in total. The molecule has 0 aliphatic heterocycles. The summed E-state index contributed by atoms with van der Waals surface area (Å²) in [4.78, 5) is 0.128. The molecule has 0 saturated carbocycles. The highest BCUT2D eigenvalue weighted by atomic mass is 32.2. The summed E-state index contributed by atoms with van der Waals surface area (Å²) in [7, 11) is -3.71. The molecule has 0 aliphatic rings. The molecule has 3 N–H and O–H groups in total. The molecule has 2 rings (SSSR count). The summed E-state index contributed by atoms with van der Waals surface area (Å²) in [5.74, 6) is -0.439. The van der Waals surface area contributed by atoms with E-state index in [2.05, 4.69) is 4.72 Å². The first kappa shape index (κ1) is 15.6. The second kappa shape index (κ2) is 6.34. The zero-order valence-corrected chi connectivity index (χ0v) is 12.4. The van der Waals surface area contributed by atoms with Crippen molar-refractivity contribution in [3.63, 3.8) is 0 Å². The Labute approximate surface area is 123 Å². The van der Waals surface area contributed by atoms with Crippen LogP contribution in [0.15, 0.2) is 53.4 Å². The number of nitrogens with two attached hydrogens (primary N) is 1. The number of sulfonamides is 1. The van der Waals surface area contributed by atoms with Gasteiger partial charge in [-0.1, -0.05) is 30.3 Å². The van der Waals surface area contributed by atoms with Gasteiger partial charge in [0.1, 0.15) is 5.82 Å². The first-order chi connectivity index (χ1) is 9.94. The maximum absolute atomic E-state index is 13.7. The average Bonchev–Trinajstić information content (AvgIpc) is 2.47. The molecule has 0 spiro atoms. The van der Waals surface area contributed by atoms with E-state index in [1.54, 1.807) is 37.3 Å². The molecular formula is C15H17FN2O2S. The molecule has 0 amide bonds. The molecule has 1 atom stereocenters. The normalized spacial score (nSPS) is 13.1. The molecule has 0 heterocycles. The van der Waals surface area contributed by atoms with Crippen LogP contribution in [0.1, 0.15) is 24.1 Å². The molecule has 6 heteroatoms. The lowest BCUT2D eigenvalue weighted by molar-refractivity contribution is 0.550. The molecule has 0 bridgehead atoms. The summed E-state index contributed by atoms with van der Waals surface area (Å²) in [6, 6.07) is 11.7. The van der Waals surface area contributed by atoms with Gasteiger partial charge in [-0.05, 0) is 30.7 Å². The quantitative estimate of drug-likeness (QED) is 0.890. The summed E-state index contributed by atoms with van der Waals surface area (Å²) in [5.41, 5.74) is 6.62. The van der Waals surface area contributed by atoms with Crippen LogP contribution in [0.25, 0.3) is 0 Å². The Kier molecular flexibility index (Phi) is 4.72. The van der Waals surface area contributed by atoms with Crippen LogP contribution in [0.2, 0.25) is 0 Å². The van der Waals surface area contributed by atoms with E-state index in [0.29, 0.717) is 12.1 Å². The largest absolute Gasteiger partial charge is 0.326 e. The highest BCUT2D eigenvalue weighted by Gasteiger charge is 2.19.